The molecule has 0 bridgehead atoms. The normalized spacial score (nSPS) is 10.5. The fourth-order valence-corrected chi connectivity index (χ4v) is 2.25. The Bertz CT molecular complexity index is 618. The Labute approximate surface area is 134 Å². The van der Waals surface area contributed by atoms with Crippen molar-refractivity contribution in [2.45, 2.75) is 27.2 Å². The van der Waals surface area contributed by atoms with Gasteiger partial charge in [0.05, 0.1) is 12.3 Å². The van der Waals surface area contributed by atoms with Crippen LogP contribution < -0.4 is 15.2 Å². The van der Waals surface area contributed by atoms with E-state index >= 15 is 0 Å². The average Bonchev–Trinajstić information content (AvgIpc) is 2.45. The lowest BCUT2D eigenvalue weighted by molar-refractivity contribution is 0.317. The topological polar surface area (TPSA) is 44.5 Å². The largest absolute Gasteiger partial charge is 0.491 e. The SMILES string of the molecule is CCCOc1cc(Oc2cc(C)c(Br)c(C)c2)ccc1N. The summed E-state index contributed by atoms with van der Waals surface area (Å²) < 4.78 is 12.6. The molecular formula is C17H20BrNO2. The van der Waals surface area contributed by atoms with Crippen LogP contribution in [0.1, 0.15) is 24.5 Å². The third-order valence-corrected chi connectivity index (χ3v) is 4.34. The minimum absolute atomic E-state index is 0.624. The van der Waals surface area contributed by atoms with E-state index in [9.17, 15) is 0 Å². The minimum atomic E-state index is 0.624. The number of nitrogen functional groups attached to an aromatic ring is 1. The van der Waals surface area contributed by atoms with Gasteiger partial charge in [-0.15, -0.1) is 0 Å². The number of aryl methyl sites for hydroxylation is 2. The molecule has 0 fully saturated rings. The maximum atomic E-state index is 5.91. The third kappa shape index (κ3) is 3.91. The van der Waals surface area contributed by atoms with Crippen molar-refractivity contribution in [3.8, 4) is 17.2 Å². The van der Waals surface area contributed by atoms with Crippen LogP contribution in [0, 0.1) is 13.8 Å². The maximum absolute atomic E-state index is 5.91. The number of nitrogens with two attached hydrogens (primary N) is 1. The van der Waals surface area contributed by atoms with Gasteiger partial charge in [0.2, 0.25) is 0 Å². The van der Waals surface area contributed by atoms with Gasteiger partial charge in [-0.3, -0.25) is 0 Å². The van der Waals surface area contributed by atoms with Crippen molar-refractivity contribution in [1.29, 1.82) is 0 Å². The third-order valence-electron chi connectivity index (χ3n) is 3.09. The van der Waals surface area contributed by atoms with E-state index in [1.807, 2.05) is 38.1 Å². The van der Waals surface area contributed by atoms with E-state index in [1.165, 1.54) is 0 Å². The van der Waals surface area contributed by atoms with Gasteiger partial charge < -0.3 is 15.2 Å². The lowest BCUT2D eigenvalue weighted by Gasteiger charge is -2.12. The summed E-state index contributed by atoms with van der Waals surface area (Å²) in [7, 11) is 0. The number of ether oxygens (including phenoxy) is 2. The molecule has 112 valence electrons. The molecule has 3 nitrogen and oxygen atoms in total. The summed E-state index contributed by atoms with van der Waals surface area (Å²) in [5.74, 6) is 2.19. The first-order valence-corrected chi connectivity index (χ1v) is 7.77. The van der Waals surface area contributed by atoms with E-state index in [4.69, 9.17) is 15.2 Å². The van der Waals surface area contributed by atoms with Crippen molar-refractivity contribution >= 4 is 21.6 Å². The zero-order valence-corrected chi connectivity index (χ0v) is 14.2. The molecule has 0 aliphatic carbocycles. The quantitative estimate of drug-likeness (QED) is 0.751. The molecule has 0 radical (unpaired) electrons. The van der Waals surface area contributed by atoms with Crippen LogP contribution in [0.5, 0.6) is 17.2 Å². The summed E-state index contributed by atoms with van der Waals surface area (Å²) in [5, 5.41) is 0. The lowest BCUT2D eigenvalue weighted by Crippen LogP contribution is -1.99. The highest BCUT2D eigenvalue weighted by Crippen LogP contribution is 2.32. The number of hydrogen-bond donors (Lipinski definition) is 1. The maximum Gasteiger partial charge on any atom is 0.145 e. The zero-order valence-electron chi connectivity index (χ0n) is 12.6. The average molecular weight is 350 g/mol. The number of halogens is 1. The van der Waals surface area contributed by atoms with Gasteiger partial charge in [0.1, 0.15) is 17.2 Å². The molecular weight excluding hydrogens is 330 g/mol. The first-order chi connectivity index (χ1) is 10.0. The summed E-state index contributed by atoms with van der Waals surface area (Å²) >= 11 is 3.56. The molecule has 0 aromatic heterocycles. The summed E-state index contributed by atoms with van der Waals surface area (Å²) in [4.78, 5) is 0. The molecule has 0 aliphatic heterocycles. The summed E-state index contributed by atoms with van der Waals surface area (Å²) in [6.45, 7) is 6.79. The van der Waals surface area contributed by atoms with Gasteiger partial charge in [0.25, 0.3) is 0 Å². The molecule has 0 saturated carbocycles. The molecule has 0 spiro atoms. The Morgan fingerprint density at radius 3 is 2.33 bits per heavy atom. The summed E-state index contributed by atoms with van der Waals surface area (Å²) in [6, 6.07) is 9.48. The van der Waals surface area contributed by atoms with Crippen molar-refractivity contribution in [3.05, 3.63) is 45.9 Å². The number of rotatable bonds is 5. The van der Waals surface area contributed by atoms with Gasteiger partial charge >= 0.3 is 0 Å². The van der Waals surface area contributed by atoms with Gasteiger partial charge in [-0.1, -0.05) is 22.9 Å². The Kier molecular flexibility index (Phi) is 5.12. The highest BCUT2D eigenvalue weighted by Gasteiger charge is 2.07. The van der Waals surface area contributed by atoms with E-state index < -0.39 is 0 Å². The Hall–Kier alpha value is -1.68. The van der Waals surface area contributed by atoms with Crippen molar-refractivity contribution in [2.24, 2.45) is 0 Å². The predicted molar refractivity (Wildman–Crippen MR) is 90.3 cm³/mol. The van der Waals surface area contributed by atoms with Crippen LogP contribution in [0.3, 0.4) is 0 Å². The van der Waals surface area contributed by atoms with Crippen LogP contribution >= 0.6 is 15.9 Å². The molecule has 0 amide bonds. The lowest BCUT2D eigenvalue weighted by atomic mass is 10.1. The Morgan fingerprint density at radius 2 is 1.71 bits per heavy atom. The summed E-state index contributed by atoms with van der Waals surface area (Å²) in [5.41, 5.74) is 8.81. The smallest absolute Gasteiger partial charge is 0.145 e. The molecule has 2 N–H and O–H groups in total. The van der Waals surface area contributed by atoms with Crippen LogP contribution in [0.15, 0.2) is 34.8 Å². The molecule has 0 aliphatic rings. The van der Waals surface area contributed by atoms with E-state index in [-0.39, 0.29) is 0 Å². The molecule has 21 heavy (non-hydrogen) atoms. The highest BCUT2D eigenvalue weighted by molar-refractivity contribution is 9.10. The number of benzene rings is 2. The molecule has 0 heterocycles. The Morgan fingerprint density at radius 1 is 1.05 bits per heavy atom. The summed E-state index contributed by atoms with van der Waals surface area (Å²) in [6.07, 6.45) is 0.940. The van der Waals surface area contributed by atoms with E-state index in [1.54, 1.807) is 6.07 Å². The van der Waals surface area contributed by atoms with Gasteiger partial charge in [-0.05, 0) is 55.7 Å². The van der Waals surface area contributed by atoms with Gasteiger partial charge in [-0.25, -0.2) is 0 Å². The fourth-order valence-electron chi connectivity index (χ4n) is 2.02. The van der Waals surface area contributed by atoms with Crippen LogP contribution in [-0.2, 0) is 0 Å². The molecule has 2 aromatic rings. The van der Waals surface area contributed by atoms with Crippen molar-refractivity contribution < 1.29 is 9.47 Å². The van der Waals surface area contributed by atoms with Crippen molar-refractivity contribution in [1.82, 2.24) is 0 Å². The zero-order chi connectivity index (χ0) is 15.4. The minimum Gasteiger partial charge on any atom is -0.491 e. The monoisotopic (exact) mass is 349 g/mol. The van der Waals surface area contributed by atoms with Gasteiger partial charge in [-0.2, -0.15) is 0 Å². The second-order valence-corrected chi connectivity index (χ2v) is 5.81. The second-order valence-electron chi connectivity index (χ2n) is 5.02. The van der Waals surface area contributed by atoms with E-state index in [2.05, 4.69) is 22.9 Å². The number of anilines is 1. The Balaban J connectivity index is 2.23. The highest BCUT2D eigenvalue weighted by atomic mass is 79.9. The van der Waals surface area contributed by atoms with Gasteiger partial charge in [0.15, 0.2) is 0 Å². The van der Waals surface area contributed by atoms with Crippen molar-refractivity contribution in [2.75, 3.05) is 12.3 Å². The molecule has 0 unspecified atom stereocenters. The van der Waals surface area contributed by atoms with E-state index in [0.29, 0.717) is 18.0 Å². The molecule has 2 rings (SSSR count). The number of hydrogen-bond acceptors (Lipinski definition) is 3. The predicted octanol–water partition coefficient (Wildman–Crippen LogP) is 5.23. The second kappa shape index (κ2) is 6.85. The van der Waals surface area contributed by atoms with Crippen LogP contribution in [0.2, 0.25) is 0 Å². The molecule has 2 aromatic carbocycles. The standard InChI is InChI=1S/C17H20BrNO2/c1-4-7-20-16-10-13(5-6-15(16)19)21-14-8-11(2)17(18)12(3)9-14/h5-6,8-10H,4,7,19H2,1-3H3. The fraction of sp³-hybridized carbons (Fsp3) is 0.294. The molecule has 0 atom stereocenters. The van der Waals surface area contributed by atoms with Crippen LogP contribution in [0.25, 0.3) is 0 Å². The molecule has 4 heteroatoms. The van der Waals surface area contributed by atoms with Crippen molar-refractivity contribution in [3.63, 3.8) is 0 Å². The molecule has 0 saturated heterocycles. The van der Waals surface area contributed by atoms with Crippen LogP contribution in [-0.4, -0.2) is 6.61 Å². The van der Waals surface area contributed by atoms with Gasteiger partial charge in [0, 0.05) is 10.5 Å². The first kappa shape index (κ1) is 15.7. The van der Waals surface area contributed by atoms with Crippen LogP contribution in [0.4, 0.5) is 5.69 Å². The van der Waals surface area contributed by atoms with E-state index in [0.717, 1.165) is 33.5 Å². The first-order valence-electron chi connectivity index (χ1n) is 6.98.